The van der Waals surface area contributed by atoms with Gasteiger partial charge in [-0.25, -0.2) is 0 Å². The number of rotatable bonds is 4. The third-order valence-corrected chi connectivity index (χ3v) is 5.17. The zero-order chi connectivity index (χ0) is 11.3. The first-order valence-corrected chi connectivity index (χ1v) is 7.28. The van der Waals surface area contributed by atoms with Crippen LogP contribution in [0.1, 0.15) is 26.7 Å². The monoisotopic (exact) mass is 250 g/mol. The summed E-state index contributed by atoms with van der Waals surface area (Å²) in [6, 6.07) is 0. The first-order valence-electron chi connectivity index (χ1n) is 5.18. The molecule has 1 N–H and O–H groups in total. The number of thioether (sulfide) groups is 2. The largest absolute Gasteiger partial charge is 0.460 e. The zero-order valence-corrected chi connectivity index (χ0v) is 10.8. The molecule has 15 heavy (non-hydrogen) atoms. The van der Waals surface area contributed by atoms with Crippen LogP contribution < -0.4 is 0 Å². The van der Waals surface area contributed by atoms with Gasteiger partial charge in [-0.05, 0) is 24.9 Å². The molecule has 5 heteroatoms. The van der Waals surface area contributed by atoms with E-state index in [-0.39, 0.29) is 12.1 Å². The molecule has 1 heterocycles. The number of aliphatic hydroxyl groups excluding tert-OH is 1. The lowest BCUT2D eigenvalue weighted by Gasteiger charge is -2.26. The maximum Gasteiger partial charge on any atom is 0.302 e. The van der Waals surface area contributed by atoms with Gasteiger partial charge < -0.3 is 9.84 Å². The maximum absolute atomic E-state index is 10.9. The zero-order valence-electron chi connectivity index (χ0n) is 9.14. The van der Waals surface area contributed by atoms with E-state index in [4.69, 9.17) is 4.74 Å². The number of ether oxygens (including phenoxy) is 1. The Balaban J connectivity index is 2.38. The molecule has 2 atom stereocenters. The van der Waals surface area contributed by atoms with E-state index in [1.807, 2.05) is 23.5 Å². The van der Waals surface area contributed by atoms with Crippen molar-refractivity contribution in [3.8, 4) is 0 Å². The van der Waals surface area contributed by atoms with Crippen LogP contribution in [0, 0.1) is 0 Å². The molecule has 1 aliphatic heterocycles. The highest BCUT2D eigenvalue weighted by Gasteiger charge is 2.25. The Kier molecular flexibility index (Phi) is 5.86. The van der Waals surface area contributed by atoms with Gasteiger partial charge in [0.25, 0.3) is 0 Å². The van der Waals surface area contributed by atoms with E-state index in [1.165, 1.54) is 24.9 Å². The van der Waals surface area contributed by atoms with Crippen LogP contribution in [0.15, 0.2) is 0 Å². The second-order valence-electron chi connectivity index (χ2n) is 3.65. The second-order valence-corrected chi connectivity index (χ2v) is 6.57. The molecule has 1 aliphatic rings. The van der Waals surface area contributed by atoms with Crippen LogP contribution in [0.2, 0.25) is 0 Å². The van der Waals surface area contributed by atoms with Gasteiger partial charge in [-0.3, -0.25) is 4.79 Å². The minimum Gasteiger partial charge on any atom is -0.460 e. The molecule has 0 aromatic heterocycles. The van der Waals surface area contributed by atoms with E-state index in [9.17, 15) is 9.90 Å². The molecule has 3 nitrogen and oxygen atoms in total. The third-order valence-electron chi connectivity index (χ3n) is 2.18. The van der Waals surface area contributed by atoms with Crippen LogP contribution in [0.3, 0.4) is 0 Å². The van der Waals surface area contributed by atoms with E-state index < -0.39 is 6.10 Å². The number of esters is 1. The molecular formula is C10H18O3S2. The van der Waals surface area contributed by atoms with Crippen LogP contribution in [0.5, 0.6) is 0 Å². The average molecular weight is 250 g/mol. The molecule has 0 amide bonds. The molecule has 1 rings (SSSR count). The van der Waals surface area contributed by atoms with Crippen LogP contribution in [0.25, 0.3) is 0 Å². The van der Waals surface area contributed by atoms with E-state index in [0.29, 0.717) is 4.58 Å². The minimum atomic E-state index is -0.586. The highest BCUT2D eigenvalue weighted by atomic mass is 32.2. The van der Waals surface area contributed by atoms with Gasteiger partial charge >= 0.3 is 5.97 Å². The van der Waals surface area contributed by atoms with Crippen molar-refractivity contribution in [1.82, 2.24) is 0 Å². The first kappa shape index (κ1) is 13.2. The summed E-state index contributed by atoms with van der Waals surface area (Å²) < 4.78 is 5.56. The number of hydrogen-bond acceptors (Lipinski definition) is 5. The van der Waals surface area contributed by atoms with Crippen molar-refractivity contribution in [2.75, 3.05) is 11.5 Å². The summed E-state index contributed by atoms with van der Waals surface area (Å²) in [6.07, 6.45) is 1.05. The number of carbonyl (C=O) groups is 1. The fraction of sp³-hybridized carbons (Fsp3) is 0.900. The lowest BCUT2D eigenvalue weighted by molar-refractivity contribution is -0.151. The van der Waals surface area contributed by atoms with Gasteiger partial charge in [0, 0.05) is 13.3 Å². The molecule has 0 aliphatic carbocycles. The van der Waals surface area contributed by atoms with Crippen LogP contribution in [0.4, 0.5) is 0 Å². The van der Waals surface area contributed by atoms with Crippen molar-refractivity contribution in [2.45, 2.75) is 43.5 Å². The Morgan fingerprint density at radius 2 is 2.13 bits per heavy atom. The van der Waals surface area contributed by atoms with Crippen LogP contribution in [-0.4, -0.2) is 39.4 Å². The summed E-state index contributed by atoms with van der Waals surface area (Å²) in [5.74, 6) is 2.03. The van der Waals surface area contributed by atoms with Crippen molar-refractivity contribution in [3.05, 3.63) is 0 Å². The fourth-order valence-corrected chi connectivity index (χ4v) is 4.36. The number of carbonyl (C=O) groups excluding carboxylic acids is 1. The van der Waals surface area contributed by atoms with Gasteiger partial charge in [0.2, 0.25) is 0 Å². The predicted molar refractivity (Wildman–Crippen MR) is 65.2 cm³/mol. The topological polar surface area (TPSA) is 46.5 Å². The molecular weight excluding hydrogens is 232 g/mol. The Bertz CT molecular complexity index is 203. The van der Waals surface area contributed by atoms with Gasteiger partial charge in [-0.15, -0.1) is 23.5 Å². The smallest absolute Gasteiger partial charge is 0.302 e. The lowest BCUT2D eigenvalue weighted by Crippen LogP contribution is -2.31. The van der Waals surface area contributed by atoms with E-state index >= 15 is 0 Å². The molecule has 0 unspecified atom stereocenters. The normalized spacial score (nSPS) is 22.1. The molecule has 0 bridgehead atoms. The van der Waals surface area contributed by atoms with Gasteiger partial charge in [0.15, 0.2) is 0 Å². The minimum absolute atomic E-state index is 0.313. The highest BCUT2D eigenvalue weighted by Crippen LogP contribution is 2.34. The number of aliphatic hydroxyl groups is 1. The van der Waals surface area contributed by atoms with Gasteiger partial charge in [-0.1, -0.05) is 0 Å². The summed E-state index contributed by atoms with van der Waals surface area (Å²) in [7, 11) is 0. The molecule has 88 valence electrons. The van der Waals surface area contributed by atoms with Gasteiger partial charge in [-0.2, -0.15) is 0 Å². The molecule has 0 radical (unpaired) electrons. The van der Waals surface area contributed by atoms with Gasteiger partial charge in [0.1, 0.15) is 6.10 Å². The summed E-state index contributed by atoms with van der Waals surface area (Å²) >= 11 is 3.79. The Labute approximate surface area is 99.3 Å². The SMILES string of the molecule is CC(=O)O[C@@H](CC1SCCCS1)[C@@H](C)O. The molecule has 0 saturated carbocycles. The average Bonchev–Trinajstić information content (AvgIpc) is 2.17. The number of hydrogen-bond donors (Lipinski definition) is 1. The fourth-order valence-electron chi connectivity index (χ4n) is 1.42. The lowest BCUT2D eigenvalue weighted by atomic mass is 10.2. The summed E-state index contributed by atoms with van der Waals surface area (Å²) in [4.78, 5) is 10.9. The summed E-state index contributed by atoms with van der Waals surface area (Å²) in [5.41, 5.74) is 0. The van der Waals surface area contributed by atoms with Crippen molar-refractivity contribution < 1.29 is 14.6 Å². The van der Waals surface area contributed by atoms with E-state index in [2.05, 4.69) is 0 Å². The first-order chi connectivity index (χ1) is 7.09. The summed E-state index contributed by atoms with van der Waals surface area (Å²) in [5, 5.41) is 9.50. The van der Waals surface area contributed by atoms with E-state index in [1.54, 1.807) is 6.92 Å². The Morgan fingerprint density at radius 3 is 2.60 bits per heavy atom. The molecule has 0 aromatic carbocycles. The standard InChI is InChI=1S/C10H18O3S2/c1-7(11)9(13-8(2)12)6-10-14-4-3-5-15-10/h7,9-11H,3-6H2,1-2H3/t7-,9+/m1/s1. The van der Waals surface area contributed by atoms with Crippen LogP contribution in [-0.2, 0) is 9.53 Å². The highest BCUT2D eigenvalue weighted by molar-refractivity contribution is 8.17. The summed E-state index contributed by atoms with van der Waals surface area (Å²) in [6.45, 7) is 3.06. The van der Waals surface area contributed by atoms with Crippen LogP contribution >= 0.6 is 23.5 Å². The molecule has 0 aromatic rings. The molecule has 0 spiro atoms. The van der Waals surface area contributed by atoms with E-state index in [0.717, 1.165) is 6.42 Å². The van der Waals surface area contributed by atoms with Crippen molar-refractivity contribution >= 4 is 29.5 Å². The van der Waals surface area contributed by atoms with Crippen molar-refractivity contribution in [1.29, 1.82) is 0 Å². The molecule has 1 fully saturated rings. The van der Waals surface area contributed by atoms with Gasteiger partial charge in [0.05, 0.1) is 10.7 Å². The maximum atomic E-state index is 10.9. The third kappa shape index (κ3) is 5.13. The van der Waals surface area contributed by atoms with Crippen molar-refractivity contribution in [3.63, 3.8) is 0 Å². The Hall–Kier alpha value is 0.130. The predicted octanol–water partition coefficient (Wildman–Crippen LogP) is 1.89. The quantitative estimate of drug-likeness (QED) is 0.772. The second kappa shape index (κ2) is 6.66. The van der Waals surface area contributed by atoms with Crippen molar-refractivity contribution in [2.24, 2.45) is 0 Å². The molecule has 1 saturated heterocycles. The Morgan fingerprint density at radius 1 is 1.53 bits per heavy atom.